The van der Waals surface area contributed by atoms with Gasteiger partial charge in [0.1, 0.15) is 10.1 Å². The van der Waals surface area contributed by atoms with Crippen molar-refractivity contribution in [2.24, 2.45) is 0 Å². The molecule has 3 heterocycles. The summed E-state index contributed by atoms with van der Waals surface area (Å²) in [6.07, 6.45) is 1.84. The van der Waals surface area contributed by atoms with Crippen molar-refractivity contribution in [3.05, 3.63) is 29.0 Å². The monoisotopic (exact) mass is 320 g/mol. The van der Waals surface area contributed by atoms with E-state index < -0.39 is 0 Å². The number of likely N-dealkylation sites (N-methyl/N-ethyl adjacent to an activating group) is 1. The molecule has 0 spiro atoms. The number of pyridine rings is 2. The second-order valence-electron chi connectivity index (χ2n) is 4.77. The van der Waals surface area contributed by atoms with Gasteiger partial charge in [-0.05, 0) is 34.6 Å². The van der Waals surface area contributed by atoms with E-state index in [1.165, 1.54) is 0 Å². The van der Waals surface area contributed by atoms with Gasteiger partial charge < -0.3 is 9.80 Å². The molecule has 0 aromatic carbocycles. The van der Waals surface area contributed by atoms with Crippen LogP contribution in [0.2, 0.25) is 0 Å². The summed E-state index contributed by atoms with van der Waals surface area (Å²) in [4.78, 5) is 13.9. The minimum atomic E-state index is 0.876. The summed E-state index contributed by atoms with van der Waals surface area (Å²) in [6.45, 7) is 7.56. The molecule has 4 nitrogen and oxygen atoms in total. The summed E-state index contributed by atoms with van der Waals surface area (Å²) in [5, 5.41) is 1.14. The van der Waals surface area contributed by atoms with Gasteiger partial charge in [-0.3, -0.25) is 4.98 Å². The van der Waals surface area contributed by atoms with Crippen LogP contribution in [0, 0.1) is 0 Å². The first kappa shape index (κ1) is 12.8. The Balaban J connectivity index is 1.96. The maximum atomic E-state index is 4.64. The highest BCUT2D eigenvalue weighted by atomic mass is 79.9. The average molecular weight is 321 g/mol. The van der Waals surface area contributed by atoms with Crippen molar-refractivity contribution in [2.45, 2.75) is 6.92 Å². The molecule has 2 aromatic heterocycles. The highest BCUT2D eigenvalue weighted by Gasteiger charge is 2.19. The van der Waals surface area contributed by atoms with E-state index >= 15 is 0 Å². The molecule has 0 aliphatic carbocycles. The first-order chi connectivity index (χ1) is 9.28. The minimum absolute atomic E-state index is 0.876. The summed E-state index contributed by atoms with van der Waals surface area (Å²) < 4.78 is 0.876. The van der Waals surface area contributed by atoms with Crippen LogP contribution in [-0.4, -0.2) is 47.6 Å². The van der Waals surface area contributed by atoms with Crippen LogP contribution in [0.3, 0.4) is 0 Å². The molecule has 0 N–H and O–H groups in total. The first-order valence-electron chi connectivity index (χ1n) is 6.66. The second kappa shape index (κ2) is 5.43. The van der Waals surface area contributed by atoms with Crippen molar-refractivity contribution in [1.82, 2.24) is 14.9 Å². The lowest BCUT2D eigenvalue weighted by atomic mass is 10.2. The number of piperazine rings is 1. The Labute approximate surface area is 121 Å². The molecule has 1 saturated heterocycles. The third-order valence-corrected chi connectivity index (χ3v) is 4.06. The fourth-order valence-electron chi connectivity index (χ4n) is 2.53. The number of anilines is 1. The van der Waals surface area contributed by atoms with Crippen molar-refractivity contribution in [3.63, 3.8) is 0 Å². The number of hydrogen-bond donors (Lipinski definition) is 0. The van der Waals surface area contributed by atoms with E-state index in [0.717, 1.165) is 54.0 Å². The van der Waals surface area contributed by atoms with Gasteiger partial charge in [0.2, 0.25) is 0 Å². The largest absolute Gasteiger partial charge is 0.352 e. The van der Waals surface area contributed by atoms with E-state index in [2.05, 4.69) is 48.7 Å². The fraction of sp³-hybridized carbons (Fsp3) is 0.429. The van der Waals surface area contributed by atoms with Crippen LogP contribution in [0.4, 0.5) is 5.82 Å². The van der Waals surface area contributed by atoms with Crippen LogP contribution in [-0.2, 0) is 0 Å². The van der Waals surface area contributed by atoms with Crippen LogP contribution >= 0.6 is 15.9 Å². The number of aromatic nitrogens is 2. The molecule has 0 saturated carbocycles. The van der Waals surface area contributed by atoms with Gasteiger partial charge in [0.15, 0.2) is 5.82 Å². The van der Waals surface area contributed by atoms with Crippen LogP contribution in [0.1, 0.15) is 6.92 Å². The van der Waals surface area contributed by atoms with Crippen LogP contribution in [0.15, 0.2) is 29.0 Å². The third kappa shape index (κ3) is 2.58. The van der Waals surface area contributed by atoms with Crippen LogP contribution < -0.4 is 4.90 Å². The molecule has 100 valence electrons. The zero-order valence-electron chi connectivity index (χ0n) is 11.0. The predicted octanol–water partition coefficient (Wildman–Crippen LogP) is 2.53. The SMILES string of the molecule is CCN1CCN(c2nc(Br)cc3cccnc23)CC1. The van der Waals surface area contributed by atoms with Crippen molar-refractivity contribution in [1.29, 1.82) is 0 Å². The molecule has 0 bridgehead atoms. The Morgan fingerprint density at radius 2 is 2.05 bits per heavy atom. The number of rotatable bonds is 2. The quantitative estimate of drug-likeness (QED) is 0.796. The molecular weight excluding hydrogens is 304 g/mol. The molecular formula is C14H17BrN4. The Bertz CT molecular complexity index is 579. The zero-order valence-corrected chi connectivity index (χ0v) is 12.6. The van der Waals surface area contributed by atoms with Crippen molar-refractivity contribution >= 4 is 32.7 Å². The van der Waals surface area contributed by atoms with E-state index in [9.17, 15) is 0 Å². The van der Waals surface area contributed by atoms with Gasteiger partial charge in [-0.15, -0.1) is 0 Å². The first-order valence-corrected chi connectivity index (χ1v) is 7.46. The van der Waals surface area contributed by atoms with Crippen LogP contribution in [0.25, 0.3) is 10.9 Å². The predicted molar refractivity (Wildman–Crippen MR) is 81.6 cm³/mol. The molecule has 1 aliphatic rings. The lowest BCUT2D eigenvalue weighted by Gasteiger charge is -2.35. The van der Waals surface area contributed by atoms with Gasteiger partial charge in [-0.25, -0.2) is 4.98 Å². The highest BCUT2D eigenvalue weighted by molar-refractivity contribution is 9.10. The molecule has 19 heavy (non-hydrogen) atoms. The van der Waals surface area contributed by atoms with Crippen molar-refractivity contribution in [3.8, 4) is 0 Å². The van der Waals surface area contributed by atoms with E-state index in [1.807, 2.05) is 18.3 Å². The number of fused-ring (bicyclic) bond motifs is 1. The number of nitrogens with zero attached hydrogens (tertiary/aromatic N) is 4. The van der Waals surface area contributed by atoms with Crippen LogP contribution in [0.5, 0.6) is 0 Å². The Morgan fingerprint density at radius 3 is 2.79 bits per heavy atom. The Morgan fingerprint density at radius 1 is 1.26 bits per heavy atom. The molecule has 3 rings (SSSR count). The topological polar surface area (TPSA) is 32.3 Å². The lowest BCUT2D eigenvalue weighted by Crippen LogP contribution is -2.46. The molecule has 0 atom stereocenters. The van der Waals surface area contributed by atoms with Gasteiger partial charge in [-0.2, -0.15) is 0 Å². The van der Waals surface area contributed by atoms with E-state index in [4.69, 9.17) is 0 Å². The van der Waals surface area contributed by atoms with Crippen molar-refractivity contribution in [2.75, 3.05) is 37.6 Å². The molecule has 2 aromatic rings. The van der Waals surface area contributed by atoms with E-state index in [1.54, 1.807) is 0 Å². The average Bonchev–Trinajstić information content (AvgIpc) is 2.46. The summed E-state index contributed by atoms with van der Waals surface area (Å²) >= 11 is 3.50. The van der Waals surface area contributed by atoms with Gasteiger partial charge in [0.05, 0.1) is 0 Å². The fourth-order valence-corrected chi connectivity index (χ4v) is 2.95. The summed E-state index contributed by atoms with van der Waals surface area (Å²) in [5.74, 6) is 1.00. The summed E-state index contributed by atoms with van der Waals surface area (Å²) in [7, 11) is 0. The summed E-state index contributed by atoms with van der Waals surface area (Å²) in [6, 6.07) is 6.07. The third-order valence-electron chi connectivity index (χ3n) is 3.66. The second-order valence-corrected chi connectivity index (χ2v) is 5.58. The van der Waals surface area contributed by atoms with Gasteiger partial charge >= 0.3 is 0 Å². The maximum absolute atomic E-state index is 4.64. The van der Waals surface area contributed by atoms with Gasteiger partial charge in [0, 0.05) is 37.8 Å². The normalized spacial score (nSPS) is 17.1. The molecule has 1 fully saturated rings. The molecule has 1 aliphatic heterocycles. The Kier molecular flexibility index (Phi) is 3.66. The number of halogens is 1. The minimum Gasteiger partial charge on any atom is -0.352 e. The highest BCUT2D eigenvalue weighted by Crippen LogP contribution is 2.26. The molecule has 0 amide bonds. The summed E-state index contributed by atoms with van der Waals surface area (Å²) in [5.41, 5.74) is 0.996. The molecule has 0 unspecified atom stereocenters. The standard InChI is InChI=1S/C14H17BrN4/c1-2-18-6-8-19(9-7-18)14-13-11(4-3-5-16-13)10-12(15)17-14/h3-5,10H,2,6-9H2,1H3. The Hall–Kier alpha value is -1.20. The molecule has 5 heteroatoms. The molecule has 0 radical (unpaired) electrons. The van der Waals surface area contributed by atoms with Gasteiger partial charge in [0.25, 0.3) is 0 Å². The maximum Gasteiger partial charge on any atom is 0.156 e. The lowest BCUT2D eigenvalue weighted by molar-refractivity contribution is 0.270. The number of hydrogen-bond acceptors (Lipinski definition) is 4. The van der Waals surface area contributed by atoms with Gasteiger partial charge in [-0.1, -0.05) is 13.0 Å². The van der Waals surface area contributed by atoms with Crippen molar-refractivity contribution < 1.29 is 0 Å². The zero-order chi connectivity index (χ0) is 13.2. The van der Waals surface area contributed by atoms with E-state index in [0.29, 0.717) is 0 Å². The smallest absolute Gasteiger partial charge is 0.156 e. The van der Waals surface area contributed by atoms with E-state index in [-0.39, 0.29) is 0 Å².